The Morgan fingerprint density at radius 2 is 1.13 bits per heavy atom. The number of methoxy groups -OCH3 is 2. The summed E-state index contributed by atoms with van der Waals surface area (Å²) in [4.78, 5) is 46.1. The molecule has 0 saturated carbocycles. The maximum atomic E-state index is 14.5. The van der Waals surface area contributed by atoms with Gasteiger partial charge in [-0.3, -0.25) is 4.79 Å². The third kappa shape index (κ3) is 14.2. The number of ether oxygens (including phenoxy) is 7. The van der Waals surface area contributed by atoms with Gasteiger partial charge < -0.3 is 52.4 Å². The molecule has 392 valence electrons. The summed E-state index contributed by atoms with van der Waals surface area (Å²) >= 11 is 0. The molecule has 6 aromatic carbocycles. The molecule has 0 aromatic heterocycles. The second-order valence-corrected chi connectivity index (χ2v) is 19.3. The van der Waals surface area contributed by atoms with Crippen LogP contribution in [0.1, 0.15) is 75.5 Å². The van der Waals surface area contributed by atoms with Crippen LogP contribution in [-0.2, 0) is 38.3 Å². The first kappa shape index (κ1) is 55.8. The number of nitrogens with one attached hydrogen (secondary N) is 1. The Morgan fingerprint density at radius 3 is 1.64 bits per heavy atom. The summed E-state index contributed by atoms with van der Waals surface area (Å²) in [5, 5.41) is 3.08. The van der Waals surface area contributed by atoms with Crippen LogP contribution in [0.15, 0.2) is 170 Å². The molecule has 0 spiro atoms. The summed E-state index contributed by atoms with van der Waals surface area (Å²) in [6, 6.07) is 49.0. The molecular weight excluding hydrogens is 974 g/mol. The van der Waals surface area contributed by atoms with Crippen molar-refractivity contribution in [3.63, 3.8) is 0 Å². The van der Waals surface area contributed by atoms with Crippen LogP contribution < -0.4 is 14.8 Å². The van der Waals surface area contributed by atoms with Gasteiger partial charge in [0.25, 0.3) is 14.4 Å². The van der Waals surface area contributed by atoms with Crippen LogP contribution in [0.2, 0.25) is 0 Å². The van der Waals surface area contributed by atoms with E-state index >= 15 is 0 Å². The van der Waals surface area contributed by atoms with Crippen LogP contribution in [0.3, 0.4) is 0 Å². The van der Waals surface area contributed by atoms with Gasteiger partial charge in [0.2, 0.25) is 6.54 Å². The number of amides is 1. The molecule has 75 heavy (non-hydrogen) atoms. The summed E-state index contributed by atoms with van der Waals surface area (Å²) < 4.78 is 59.9. The molecule has 0 radical (unpaired) electrons. The fraction of sp³-hybridized carbons (Fsp3) is 0.322. The van der Waals surface area contributed by atoms with Crippen molar-refractivity contribution in [3.8, 4) is 11.5 Å². The fourth-order valence-corrected chi connectivity index (χ4v) is 10.6. The minimum Gasteiger partial charge on any atom is -0.497 e. The summed E-state index contributed by atoms with van der Waals surface area (Å²) in [5.74, 6) is -0.571. The highest BCUT2D eigenvalue weighted by Crippen LogP contribution is 2.49. The Bertz CT molecular complexity index is 2690. The highest BCUT2D eigenvalue weighted by Gasteiger charge is 2.53. The highest BCUT2D eigenvalue weighted by molar-refractivity contribution is 7.44. The Labute approximate surface area is 440 Å². The van der Waals surface area contributed by atoms with Crippen molar-refractivity contribution in [3.05, 3.63) is 215 Å². The molecule has 1 heterocycles. The first-order valence-electron chi connectivity index (χ1n) is 24.8. The average molecular weight is 1040 g/mol. The molecule has 15 nitrogen and oxygen atoms in total. The predicted molar refractivity (Wildman–Crippen MR) is 284 cm³/mol. The zero-order valence-corrected chi connectivity index (χ0v) is 43.9. The van der Waals surface area contributed by atoms with E-state index in [0.29, 0.717) is 22.6 Å². The van der Waals surface area contributed by atoms with Crippen molar-refractivity contribution in [1.29, 1.82) is 0 Å². The second kappa shape index (κ2) is 27.5. The molecule has 16 heteroatoms. The first-order chi connectivity index (χ1) is 36.5. The van der Waals surface area contributed by atoms with Gasteiger partial charge >= 0.3 is 11.9 Å². The van der Waals surface area contributed by atoms with E-state index in [1.807, 2.05) is 111 Å². The highest BCUT2D eigenvalue weighted by atomic mass is 31.2. The fourth-order valence-electron chi connectivity index (χ4n) is 8.83. The topological polar surface area (TPSA) is 154 Å². The largest absolute Gasteiger partial charge is 0.497 e. The molecule has 1 N–H and O–H groups in total. The number of hydrogen-bond acceptors (Lipinski definition) is 13. The van der Waals surface area contributed by atoms with E-state index in [-0.39, 0.29) is 44.0 Å². The van der Waals surface area contributed by atoms with Gasteiger partial charge in [0, 0.05) is 17.6 Å². The minimum atomic E-state index is -2.05. The zero-order chi connectivity index (χ0) is 53.2. The van der Waals surface area contributed by atoms with Crippen LogP contribution in [0.4, 0.5) is 0 Å². The monoisotopic (exact) mass is 1040 g/mol. The average Bonchev–Trinajstić information content (AvgIpc) is 3.44. The predicted octanol–water partition coefficient (Wildman–Crippen LogP) is 10.3. The number of carbonyl (C=O) groups excluding carboxylic acids is 3. The molecule has 7 rings (SSSR count). The number of carbonyl (C=O) groups is 3. The normalized spacial score (nSPS) is 17.9. The number of benzene rings is 6. The Morgan fingerprint density at radius 1 is 0.640 bits per heavy atom. The number of hydrogen-bond donors (Lipinski definition) is 1. The van der Waals surface area contributed by atoms with Crippen LogP contribution in [-0.4, -0.2) is 112 Å². The lowest BCUT2D eigenvalue weighted by Crippen LogP contribution is -2.66. The van der Waals surface area contributed by atoms with Crippen molar-refractivity contribution in [2.45, 2.75) is 76.0 Å². The van der Waals surface area contributed by atoms with Crippen LogP contribution in [0.25, 0.3) is 4.85 Å². The molecule has 1 aliphatic rings. The van der Waals surface area contributed by atoms with Crippen molar-refractivity contribution < 1.29 is 56.6 Å². The molecule has 0 aliphatic carbocycles. The summed E-state index contributed by atoms with van der Waals surface area (Å²) in [6.45, 7) is 15.0. The van der Waals surface area contributed by atoms with Gasteiger partial charge in [-0.05, 0) is 105 Å². The first-order valence-corrected chi connectivity index (χ1v) is 25.9. The van der Waals surface area contributed by atoms with Crippen LogP contribution >= 0.6 is 8.53 Å². The zero-order valence-electron chi connectivity index (χ0n) is 43.0. The number of nitrogens with zero attached hydrogens (tertiary/aromatic N) is 2. The van der Waals surface area contributed by atoms with Crippen LogP contribution in [0.5, 0.6) is 11.5 Å². The molecule has 1 amide bonds. The van der Waals surface area contributed by atoms with E-state index in [4.69, 9.17) is 48.8 Å². The molecule has 1 aliphatic heterocycles. The molecular formula is C59H64N3O12P. The lowest BCUT2D eigenvalue weighted by atomic mass is 9.80. The molecule has 6 atom stereocenters. The van der Waals surface area contributed by atoms with Gasteiger partial charge in [0.1, 0.15) is 48.6 Å². The van der Waals surface area contributed by atoms with Crippen molar-refractivity contribution >= 4 is 26.4 Å². The van der Waals surface area contributed by atoms with E-state index in [0.717, 1.165) is 16.7 Å². The smallest absolute Gasteiger partial charge is 0.338 e. The third-order valence-corrected chi connectivity index (χ3v) is 14.5. The lowest BCUT2D eigenvalue weighted by molar-refractivity contribution is -0.267. The van der Waals surface area contributed by atoms with Crippen molar-refractivity contribution in [2.75, 3.05) is 47.2 Å². The summed E-state index contributed by atoms with van der Waals surface area (Å²) in [5.41, 5.74) is 2.03. The Kier molecular flexibility index (Phi) is 20.5. The summed E-state index contributed by atoms with van der Waals surface area (Å²) in [6.07, 6.45) is -5.26. The molecule has 6 unspecified atom stereocenters. The molecule has 6 aromatic rings. The van der Waals surface area contributed by atoms with E-state index < -0.39 is 69.2 Å². The van der Waals surface area contributed by atoms with Gasteiger partial charge in [-0.25, -0.2) is 20.8 Å². The van der Waals surface area contributed by atoms with E-state index in [2.05, 4.69) is 10.2 Å². The van der Waals surface area contributed by atoms with Gasteiger partial charge in [-0.2, -0.15) is 0 Å². The maximum Gasteiger partial charge on any atom is 0.338 e. The Hall–Kier alpha value is -6.99. The van der Waals surface area contributed by atoms with Gasteiger partial charge in [-0.1, -0.05) is 109 Å². The second-order valence-electron chi connectivity index (χ2n) is 17.9. The quantitative estimate of drug-likeness (QED) is 0.0190. The number of rotatable bonds is 25. The van der Waals surface area contributed by atoms with E-state index in [1.165, 1.54) is 0 Å². The number of esters is 2. The van der Waals surface area contributed by atoms with Crippen molar-refractivity contribution in [1.82, 2.24) is 9.99 Å². The van der Waals surface area contributed by atoms with Gasteiger partial charge in [-0.15, -0.1) is 0 Å². The SMILES string of the molecule is [C-]#[N+]CCOP(OC1C(COC(=O)c2ccccc2)OC(OCCOC(c2ccccc2)(c2ccc(OC)cc2)c2ccc(OC)cc2)C(NC(=O)c2ccccc2)C1OC(=O)c1ccccc1)N(C(C)C)C(C)C. The maximum absolute atomic E-state index is 14.5. The Balaban J connectivity index is 1.32. The van der Waals surface area contributed by atoms with Gasteiger partial charge in [0.15, 0.2) is 12.4 Å². The molecule has 1 fully saturated rings. The van der Waals surface area contributed by atoms with Crippen LogP contribution in [0, 0.1) is 6.57 Å². The summed E-state index contributed by atoms with van der Waals surface area (Å²) in [7, 11) is 1.17. The standard InChI is InChI=1S/C59H64N3O12P/c1-41(2)62(42(3)4)75(71-37-36-60-5)74-53-51(40-69-56(64)44-22-14-9-15-23-44)72-58(52(61-55(63)43-20-12-8-13-21-43)54(53)73-57(65)45-24-16-10-17-25-45)68-38-39-70-59(46-26-18-11-19-27-46,47-28-32-49(66-6)33-29-47)48-30-34-50(67-7)35-31-48/h8-35,41-42,51-54,58H,36-40H2,1-4,6-7H3,(H,61,63). The minimum absolute atomic E-state index is 0.0261. The van der Waals surface area contributed by atoms with Gasteiger partial charge in [0.05, 0.1) is 38.6 Å². The van der Waals surface area contributed by atoms with E-state index in [1.54, 1.807) is 105 Å². The van der Waals surface area contributed by atoms with E-state index in [9.17, 15) is 14.4 Å². The van der Waals surface area contributed by atoms with Crippen molar-refractivity contribution in [2.24, 2.45) is 0 Å². The molecule has 0 bridgehead atoms. The third-order valence-electron chi connectivity index (χ3n) is 12.3. The molecule has 1 saturated heterocycles. The lowest BCUT2D eigenvalue weighted by Gasteiger charge is -2.47.